The van der Waals surface area contributed by atoms with E-state index in [0.717, 1.165) is 22.3 Å². The molecule has 4 aromatic rings. The van der Waals surface area contributed by atoms with Gasteiger partial charge in [-0.25, -0.2) is 4.79 Å². The zero-order chi connectivity index (χ0) is 21.3. The van der Waals surface area contributed by atoms with Crippen LogP contribution in [0.25, 0.3) is 11.0 Å². The Kier molecular flexibility index (Phi) is 5.28. The number of imidazole rings is 1. The minimum absolute atomic E-state index is 0.167. The largest absolute Gasteiger partial charge is 0.368 e. The average Bonchev–Trinajstić information content (AvgIpc) is 3.08. The number of aromatic nitrogens is 5. The van der Waals surface area contributed by atoms with Crippen LogP contribution in [-0.4, -0.2) is 39.0 Å². The Morgan fingerprint density at radius 3 is 2.43 bits per heavy atom. The molecule has 0 fully saturated rings. The summed E-state index contributed by atoms with van der Waals surface area (Å²) >= 11 is 6.03. The maximum Gasteiger partial charge on any atom is 0.323 e. The molecule has 0 amide bonds. The lowest BCUT2D eigenvalue weighted by atomic mass is 10.2. The highest BCUT2D eigenvalue weighted by molar-refractivity contribution is 6.30. The van der Waals surface area contributed by atoms with Crippen LogP contribution in [0.1, 0.15) is 11.4 Å². The number of aromatic amines is 2. The second kappa shape index (κ2) is 8.03. The van der Waals surface area contributed by atoms with E-state index >= 15 is 0 Å². The van der Waals surface area contributed by atoms with Crippen LogP contribution in [0.5, 0.6) is 0 Å². The van der Waals surface area contributed by atoms with Crippen molar-refractivity contribution in [1.82, 2.24) is 24.9 Å². The van der Waals surface area contributed by atoms with Crippen molar-refractivity contribution in [3.8, 4) is 0 Å². The number of benzene rings is 2. The van der Waals surface area contributed by atoms with Gasteiger partial charge >= 0.3 is 5.69 Å². The van der Waals surface area contributed by atoms with Gasteiger partial charge in [0, 0.05) is 31.4 Å². The van der Waals surface area contributed by atoms with Gasteiger partial charge in [-0.15, -0.1) is 0 Å². The van der Waals surface area contributed by atoms with Crippen LogP contribution in [-0.2, 0) is 13.1 Å². The predicted molar refractivity (Wildman–Crippen MR) is 119 cm³/mol. The number of nitrogens with one attached hydrogen (secondary N) is 2. The molecule has 154 valence electrons. The normalized spacial score (nSPS) is 11.0. The molecule has 0 radical (unpaired) electrons. The maximum atomic E-state index is 11.6. The van der Waals surface area contributed by atoms with Crippen LogP contribution < -0.4 is 21.2 Å². The number of nitrogens with zero attached hydrogens (tertiary/aromatic N) is 5. The molecule has 0 aliphatic heterocycles. The fourth-order valence-corrected chi connectivity index (χ4v) is 3.26. The lowest BCUT2D eigenvalue weighted by Gasteiger charge is -2.25. The van der Waals surface area contributed by atoms with Gasteiger partial charge in [0.15, 0.2) is 5.82 Å². The van der Waals surface area contributed by atoms with Gasteiger partial charge in [-0.2, -0.15) is 15.0 Å². The minimum atomic E-state index is -0.243. The maximum absolute atomic E-state index is 11.6. The third kappa shape index (κ3) is 4.36. The van der Waals surface area contributed by atoms with Crippen LogP contribution in [0.2, 0.25) is 5.02 Å². The highest BCUT2D eigenvalue weighted by Gasteiger charge is 2.14. The molecule has 0 aliphatic rings. The van der Waals surface area contributed by atoms with E-state index in [1.54, 1.807) is 4.90 Å². The molecule has 4 rings (SSSR count). The van der Waals surface area contributed by atoms with Crippen LogP contribution in [0.4, 0.5) is 17.6 Å². The van der Waals surface area contributed by atoms with Crippen molar-refractivity contribution in [2.75, 3.05) is 29.6 Å². The van der Waals surface area contributed by atoms with Crippen LogP contribution in [0.3, 0.4) is 0 Å². The predicted octanol–water partition coefficient (Wildman–Crippen LogP) is 2.55. The standard InChI is InChI=1S/C20H21ClN8O/c1-28(2)19-26-17(25-18(22)27-19)11-29(10-12-3-5-13(21)6-4-12)14-7-8-15-16(9-14)24-20(30)23-15/h3-9H,10-11H2,1-2H3,(H2,23,24,30)(H2,22,25,26,27). The Balaban J connectivity index is 1.72. The van der Waals surface area contributed by atoms with E-state index in [1.807, 2.05) is 56.6 Å². The average molecular weight is 425 g/mol. The molecule has 10 heteroatoms. The first-order valence-corrected chi connectivity index (χ1v) is 9.64. The first-order valence-electron chi connectivity index (χ1n) is 9.26. The number of H-pyrrole nitrogens is 2. The van der Waals surface area contributed by atoms with Crippen LogP contribution in [0.15, 0.2) is 47.3 Å². The Bertz CT molecular complexity index is 1230. The fraction of sp³-hybridized carbons (Fsp3) is 0.200. The first-order chi connectivity index (χ1) is 14.4. The molecule has 2 aromatic carbocycles. The van der Waals surface area contributed by atoms with E-state index in [9.17, 15) is 4.79 Å². The Hall–Kier alpha value is -3.59. The molecule has 9 nitrogen and oxygen atoms in total. The summed E-state index contributed by atoms with van der Waals surface area (Å²) in [5, 5.41) is 0.678. The number of fused-ring (bicyclic) bond motifs is 1. The van der Waals surface area contributed by atoms with Crippen molar-refractivity contribution in [3.05, 3.63) is 69.4 Å². The molecule has 0 bridgehead atoms. The van der Waals surface area contributed by atoms with Crippen molar-refractivity contribution in [3.63, 3.8) is 0 Å². The minimum Gasteiger partial charge on any atom is -0.368 e. The van der Waals surface area contributed by atoms with E-state index in [-0.39, 0.29) is 11.6 Å². The zero-order valence-electron chi connectivity index (χ0n) is 16.6. The van der Waals surface area contributed by atoms with Crippen molar-refractivity contribution in [1.29, 1.82) is 0 Å². The lowest BCUT2D eigenvalue weighted by molar-refractivity contribution is 0.748. The van der Waals surface area contributed by atoms with E-state index in [4.69, 9.17) is 17.3 Å². The monoisotopic (exact) mass is 424 g/mol. The van der Waals surface area contributed by atoms with Gasteiger partial charge in [0.05, 0.1) is 17.6 Å². The van der Waals surface area contributed by atoms with Crippen molar-refractivity contribution in [2.45, 2.75) is 13.1 Å². The van der Waals surface area contributed by atoms with E-state index in [2.05, 4.69) is 29.8 Å². The summed E-state index contributed by atoms with van der Waals surface area (Å²) in [7, 11) is 3.69. The van der Waals surface area contributed by atoms with Crippen molar-refractivity contribution in [2.24, 2.45) is 0 Å². The summed E-state index contributed by atoms with van der Waals surface area (Å²) in [6.45, 7) is 0.983. The molecule has 0 atom stereocenters. The smallest absolute Gasteiger partial charge is 0.323 e. The Labute approximate surface area is 177 Å². The van der Waals surface area contributed by atoms with Gasteiger partial charge in [0.2, 0.25) is 11.9 Å². The van der Waals surface area contributed by atoms with E-state index < -0.39 is 0 Å². The number of anilines is 3. The Morgan fingerprint density at radius 1 is 0.967 bits per heavy atom. The summed E-state index contributed by atoms with van der Waals surface area (Å²) in [6, 6.07) is 13.4. The second-order valence-electron chi connectivity index (χ2n) is 7.10. The summed E-state index contributed by atoms with van der Waals surface area (Å²) in [5.74, 6) is 1.21. The summed E-state index contributed by atoms with van der Waals surface area (Å²) in [6.07, 6.45) is 0. The second-order valence-corrected chi connectivity index (χ2v) is 7.53. The van der Waals surface area contributed by atoms with Gasteiger partial charge in [0.25, 0.3) is 0 Å². The highest BCUT2D eigenvalue weighted by atomic mass is 35.5. The number of hydrogen-bond acceptors (Lipinski definition) is 7. The number of nitrogens with two attached hydrogens (primary N) is 1. The van der Waals surface area contributed by atoms with Crippen LogP contribution in [0, 0.1) is 0 Å². The molecule has 0 spiro atoms. The molecule has 4 N–H and O–H groups in total. The fourth-order valence-electron chi connectivity index (χ4n) is 3.13. The number of hydrogen-bond donors (Lipinski definition) is 3. The van der Waals surface area contributed by atoms with E-state index in [0.29, 0.717) is 29.9 Å². The highest BCUT2D eigenvalue weighted by Crippen LogP contribution is 2.24. The van der Waals surface area contributed by atoms with Crippen LogP contribution >= 0.6 is 11.6 Å². The van der Waals surface area contributed by atoms with E-state index in [1.165, 1.54) is 0 Å². The summed E-state index contributed by atoms with van der Waals surface area (Å²) < 4.78 is 0. The van der Waals surface area contributed by atoms with Crippen molar-refractivity contribution >= 4 is 40.2 Å². The first kappa shape index (κ1) is 19.7. The SMILES string of the molecule is CN(C)c1nc(N)nc(CN(Cc2ccc(Cl)cc2)c2ccc3[nH]c(=O)[nH]c3c2)n1. The number of halogens is 1. The third-order valence-electron chi connectivity index (χ3n) is 4.57. The quantitative estimate of drug-likeness (QED) is 0.435. The van der Waals surface area contributed by atoms with Gasteiger partial charge in [-0.1, -0.05) is 23.7 Å². The summed E-state index contributed by atoms with van der Waals surface area (Å²) in [5.41, 5.74) is 9.09. The number of nitrogen functional groups attached to an aromatic ring is 1. The Morgan fingerprint density at radius 2 is 1.70 bits per heavy atom. The van der Waals surface area contributed by atoms with Gasteiger partial charge in [0.1, 0.15) is 0 Å². The van der Waals surface area contributed by atoms with Crippen molar-refractivity contribution < 1.29 is 0 Å². The topological polar surface area (TPSA) is 120 Å². The molecule has 0 saturated heterocycles. The molecule has 0 unspecified atom stereocenters. The summed E-state index contributed by atoms with van der Waals surface area (Å²) in [4.78, 5) is 34.1. The number of rotatable bonds is 6. The molecular formula is C20H21ClN8O. The van der Waals surface area contributed by atoms with Gasteiger partial charge < -0.3 is 25.5 Å². The molecular weight excluding hydrogens is 404 g/mol. The molecule has 2 heterocycles. The zero-order valence-corrected chi connectivity index (χ0v) is 17.3. The molecule has 30 heavy (non-hydrogen) atoms. The third-order valence-corrected chi connectivity index (χ3v) is 4.82. The molecule has 0 aliphatic carbocycles. The van der Waals surface area contributed by atoms with Gasteiger partial charge in [-0.05, 0) is 35.9 Å². The van der Waals surface area contributed by atoms with Gasteiger partial charge in [-0.3, -0.25) is 0 Å². The lowest BCUT2D eigenvalue weighted by Crippen LogP contribution is -2.25. The molecule has 2 aromatic heterocycles. The molecule has 0 saturated carbocycles.